The lowest BCUT2D eigenvalue weighted by Gasteiger charge is -2.17. The van der Waals surface area contributed by atoms with Gasteiger partial charge in [-0.1, -0.05) is 13.8 Å². The van der Waals surface area contributed by atoms with Crippen LogP contribution < -0.4 is 5.32 Å². The molecular formula is C13H24N2O. The van der Waals surface area contributed by atoms with E-state index in [0.29, 0.717) is 0 Å². The first-order valence-corrected chi connectivity index (χ1v) is 6.32. The summed E-state index contributed by atoms with van der Waals surface area (Å²) in [6.45, 7) is 9.90. The second-order valence-corrected chi connectivity index (χ2v) is 3.99. The van der Waals surface area contributed by atoms with Gasteiger partial charge in [0.25, 0.3) is 0 Å². The molecule has 0 aliphatic carbocycles. The van der Waals surface area contributed by atoms with E-state index < -0.39 is 0 Å². The molecule has 1 N–H and O–H groups in total. The van der Waals surface area contributed by atoms with Gasteiger partial charge in [-0.3, -0.25) is 0 Å². The lowest BCUT2D eigenvalue weighted by Crippen LogP contribution is -2.25. The number of unbranched alkanes of at least 4 members (excludes halogenated alkanes) is 1. The lowest BCUT2D eigenvalue weighted by molar-refractivity contribution is 0.296. The van der Waals surface area contributed by atoms with Gasteiger partial charge in [-0.15, -0.1) is 0 Å². The van der Waals surface area contributed by atoms with Crippen molar-refractivity contribution in [2.45, 2.75) is 33.2 Å². The molecule has 1 rings (SSSR count). The van der Waals surface area contributed by atoms with Crippen LogP contribution >= 0.6 is 0 Å². The Morgan fingerprint density at radius 1 is 1.25 bits per heavy atom. The number of hydrogen-bond acceptors (Lipinski definition) is 3. The van der Waals surface area contributed by atoms with Crippen LogP contribution in [0, 0.1) is 0 Å². The maximum Gasteiger partial charge on any atom is 0.117 e. The average Bonchev–Trinajstić information content (AvgIpc) is 2.81. The van der Waals surface area contributed by atoms with Gasteiger partial charge >= 0.3 is 0 Å². The Bertz CT molecular complexity index is 242. The smallest absolute Gasteiger partial charge is 0.117 e. The minimum absolute atomic E-state index is 0.846. The zero-order valence-corrected chi connectivity index (χ0v) is 10.5. The molecule has 0 aliphatic heterocycles. The van der Waals surface area contributed by atoms with E-state index in [-0.39, 0.29) is 0 Å². The standard InChI is InChI=1S/C13H24N2O/c1-3-15(4-2)10-6-5-9-14-12-13-8-7-11-16-13/h7-8,11,14H,3-6,9-10,12H2,1-2H3. The molecule has 0 radical (unpaired) electrons. The van der Waals surface area contributed by atoms with Crippen LogP contribution in [0.1, 0.15) is 32.4 Å². The second kappa shape index (κ2) is 8.36. The lowest BCUT2D eigenvalue weighted by atomic mass is 10.3. The summed E-state index contributed by atoms with van der Waals surface area (Å²) in [6.07, 6.45) is 4.22. The Morgan fingerprint density at radius 3 is 2.69 bits per heavy atom. The van der Waals surface area contributed by atoms with Crippen molar-refractivity contribution in [3.63, 3.8) is 0 Å². The number of nitrogens with zero attached hydrogens (tertiary/aromatic N) is 1. The number of nitrogens with one attached hydrogen (secondary N) is 1. The third-order valence-electron chi connectivity index (χ3n) is 2.85. The molecule has 0 amide bonds. The molecule has 0 aromatic carbocycles. The van der Waals surface area contributed by atoms with Crippen LogP contribution in [0.3, 0.4) is 0 Å². The van der Waals surface area contributed by atoms with Crippen LogP contribution in [0.2, 0.25) is 0 Å². The van der Waals surface area contributed by atoms with Crippen LogP contribution in [-0.2, 0) is 6.54 Å². The number of hydrogen-bond donors (Lipinski definition) is 1. The second-order valence-electron chi connectivity index (χ2n) is 3.99. The maximum atomic E-state index is 5.24. The van der Waals surface area contributed by atoms with Gasteiger partial charge < -0.3 is 14.6 Å². The van der Waals surface area contributed by atoms with Crippen molar-refractivity contribution >= 4 is 0 Å². The molecule has 1 aromatic rings. The highest BCUT2D eigenvalue weighted by Gasteiger charge is 1.98. The van der Waals surface area contributed by atoms with Gasteiger partial charge in [-0.25, -0.2) is 0 Å². The summed E-state index contributed by atoms with van der Waals surface area (Å²) in [5, 5.41) is 3.39. The molecule has 0 unspecified atom stereocenters. The first kappa shape index (κ1) is 13.3. The average molecular weight is 224 g/mol. The quantitative estimate of drug-likeness (QED) is 0.653. The summed E-state index contributed by atoms with van der Waals surface area (Å²) in [7, 11) is 0. The summed E-state index contributed by atoms with van der Waals surface area (Å²) < 4.78 is 5.24. The normalized spacial score (nSPS) is 11.2. The topological polar surface area (TPSA) is 28.4 Å². The fraction of sp³-hybridized carbons (Fsp3) is 0.692. The van der Waals surface area contributed by atoms with Crippen molar-refractivity contribution in [3.05, 3.63) is 24.2 Å². The van der Waals surface area contributed by atoms with E-state index in [1.807, 2.05) is 12.1 Å². The molecule has 0 atom stereocenters. The van der Waals surface area contributed by atoms with E-state index in [9.17, 15) is 0 Å². The summed E-state index contributed by atoms with van der Waals surface area (Å²) >= 11 is 0. The molecule has 0 saturated carbocycles. The van der Waals surface area contributed by atoms with Crippen molar-refractivity contribution in [2.24, 2.45) is 0 Å². The largest absolute Gasteiger partial charge is 0.468 e. The third kappa shape index (κ3) is 5.33. The van der Waals surface area contributed by atoms with Crippen LogP contribution in [0.4, 0.5) is 0 Å². The molecule has 3 nitrogen and oxygen atoms in total. The van der Waals surface area contributed by atoms with Gasteiger partial charge in [0, 0.05) is 0 Å². The summed E-state index contributed by atoms with van der Waals surface area (Å²) in [4.78, 5) is 2.46. The third-order valence-corrected chi connectivity index (χ3v) is 2.85. The van der Waals surface area contributed by atoms with Crippen LogP contribution in [0.15, 0.2) is 22.8 Å². The summed E-state index contributed by atoms with van der Waals surface area (Å²) in [5.74, 6) is 1.02. The monoisotopic (exact) mass is 224 g/mol. The summed E-state index contributed by atoms with van der Waals surface area (Å²) in [5.41, 5.74) is 0. The van der Waals surface area contributed by atoms with Crippen molar-refractivity contribution in [3.8, 4) is 0 Å². The Morgan fingerprint density at radius 2 is 2.06 bits per heavy atom. The molecule has 92 valence electrons. The Hall–Kier alpha value is -0.800. The van der Waals surface area contributed by atoms with E-state index in [2.05, 4.69) is 24.1 Å². The molecule has 0 aliphatic rings. The molecule has 0 saturated heterocycles. The van der Waals surface area contributed by atoms with Crippen molar-refractivity contribution in [1.82, 2.24) is 10.2 Å². The van der Waals surface area contributed by atoms with Crippen LogP contribution in [-0.4, -0.2) is 31.1 Å². The highest BCUT2D eigenvalue weighted by Crippen LogP contribution is 1.99. The molecular weight excluding hydrogens is 200 g/mol. The first-order chi connectivity index (χ1) is 7.86. The van der Waals surface area contributed by atoms with Crippen LogP contribution in [0.25, 0.3) is 0 Å². The molecule has 0 fully saturated rings. The molecule has 16 heavy (non-hydrogen) atoms. The SMILES string of the molecule is CCN(CC)CCCCNCc1ccco1. The number of furan rings is 1. The molecule has 1 heterocycles. The van der Waals surface area contributed by atoms with Gasteiger partial charge in [0.1, 0.15) is 5.76 Å². The van der Waals surface area contributed by atoms with Crippen molar-refractivity contribution in [2.75, 3.05) is 26.2 Å². The van der Waals surface area contributed by atoms with E-state index in [1.54, 1.807) is 6.26 Å². The zero-order chi connectivity index (χ0) is 11.6. The predicted octanol–water partition coefficient (Wildman–Crippen LogP) is 2.49. The molecule has 0 bridgehead atoms. The van der Waals surface area contributed by atoms with E-state index in [4.69, 9.17) is 4.42 Å². The van der Waals surface area contributed by atoms with E-state index in [1.165, 1.54) is 19.4 Å². The molecule has 1 aromatic heterocycles. The maximum absolute atomic E-state index is 5.24. The Kier molecular flexibility index (Phi) is 6.93. The van der Waals surface area contributed by atoms with E-state index >= 15 is 0 Å². The minimum Gasteiger partial charge on any atom is -0.468 e. The first-order valence-electron chi connectivity index (χ1n) is 6.32. The highest BCUT2D eigenvalue weighted by molar-refractivity contribution is 4.97. The summed E-state index contributed by atoms with van der Waals surface area (Å²) in [6, 6.07) is 3.93. The molecule has 3 heteroatoms. The van der Waals surface area contributed by atoms with Gasteiger partial charge in [0.05, 0.1) is 12.8 Å². The molecule has 0 spiro atoms. The van der Waals surface area contributed by atoms with Crippen LogP contribution in [0.5, 0.6) is 0 Å². The Balaban J connectivity index is 1.92. The fourth-order valence-corrected chi connectivity index (χ4v) is 1.75. The van der Waals surface area contributed by atoms with Crippen molar-refractivity contribution in [1.29, 1.82) is 0 Å². The van der Waals surface area contributed by atoms with Crippen molar-refractivity contribution < 1.29 is 4.42 Å². The highest BCUT2D eigenvalue weighted by atomic mass is 16.3. The fourth-order valence-electron chi connectivity index (χ4n) is 1.75. The van der Waals surface area contributed by atoms with Gasteiger partial charge in [-0.05, 0) is 51.2 Å². The Labute approximate surface area is 98.8 Å². The van der Waals surface area contributed by atoms with Gasteiger partial charge in [0.2, 0.25) is 0 Å². The van der Waals surface area contributed by atoms with E-state index in [0.717, 1.165) is 31.9 Å². The van der Waals surface area contributed by atoms with Gasteiger partial charge in [0.15, 0.2) is 0 Å². The predicted molar refractivity (Wildman–Crippen MR) is 67.4 cm³/mol. The number of rotatable bonds is 9. The zero-order valence-electron chi connectivity index (χ0n) is 10.5. The minimum atomic E-state index is 0.846. The van der Waals surface area contributed by atoms with Gasteiger partial charge in [-0.2, -0.15) is 0 Å².